The average molecular weight is 147 g/mol. The van der Waals surface area contributed by atoms with Crippen LogP contribution in [0.4, 0.5) is 0 Å². The third-order valence-electron chi connectivity index (χ3n) is 1.32. The average Bonchev–Trinajstić information content (AvgIpc) is 2.38. The molecule has 57 valence electrons. The normalized spacial score (nSPS) is 14.9. The first-order valence-electron chi connectivity index (χ1n) is 3.56. The van der Waals surface area contributed by atoms with Gasteiger partial charge in [-0.2, -0.15) is 0 Å². The van der Waals surface area contributed by atoms with Crippen LogP contribution in [0, 0.1) is 0 Å². The van der Waals surface area contributed by atoms with Crippen molar-refractivity contribution >= 4 is 5.84 Å². The minimum atomic E-state index is 0.747. The van der Waals surface area contributed by atoms with Gasteiger partial charge in [-0.25, -0.2) is 10.3 Å². The maximum absolute atomic E-state index is 4.24. The van der Waals surface area contributed by atoms with E-state index in [1.54, 1.807) is 12.3 Å². The highest BCUT2D eigenvalue weighted by molar-refractivity contribution is 5.87. The van der Waals surface area contributed by atoms with Crippen molar-refractivity contribution in [3.63, 3.8) is 0 Å². The van der Waals surface area contributed by atoms with Crippen LogP contribution < -0.4 is 5.32 Å². The Labute approximate surface area is 67.0 Å². The van der Waals surface area contributed by atoms with Gasteiger partial charge in [-0.05, 0) is 0 Å². The highest BCUT2D eigenvalue weighted by atomic mass is 15.0. The summed E-state index contributed by atoms with van der Waals surface area (Å²) < 4.78 is 0. The van der Waals surface area contributed by atoms with Gasteiger partial charge in [-0.15, -0.1) is 13.2 Å². The highest BCUT2D eigenvalue weighted by Gasteiger charge is 2.07. The van der Waals surface area contributed by atoms with Crippen LogP contribution in [0.3, 0.4) is 0 Å². The lowest BCUT2D eigenvalue weighted by Crippen LogP contribution is -2.08. The van der Waals surface area contributed by atoms with E-state index in [4.69, 9.17) is 0 Å². The topological polar surface area (TPSA) is 26.5 Å². The molecule has 1 radical (unpaired) electrons. The van der Waals surface area contributed by atoms with Crippen LogP contribution in [-0.4, -0.2) is 5.84 Å². The van der Waals surface area contributed by atoms with Crippen molar-refractivity contribution in [3.8, 4) is 0 Å². The Balaban J connectivity index is 2.38. The van der Waals surface area contributed by atoms with Gasteiger partial charge in [0.1, 0.15) is 5.84 Å². The molecule has 1 rings (SSSR count). The summed E-state index contributed by atoms with van der Waals surface area (Å²) in [5, 5.41) is 4.24. The quantitative estimate of drug-likeness (QED) is 0.544. The Kier molecular flexibility index (Phi) is 2.66. The summed E-state index contributed by atoms with van der Waals surface area (Å²) in [5.74, 6) is 0.844. The van der Waals surface area contributed by atoms with Crippen LogP contribution in [0.2, 0.25) is 0 Å². The number of amidine groups is 1. The van der Waals surface area contributed by atoms with Crippen LogP contribution in [0.1, 0.15) is 12.8 Å². The van der Waals surface area contributed by atoms with Crippen LogP contribution >= 0.6 is 0 Å². The van der Waals surface area contributed by atoms with E-state index in [0.717, 1.165) is 24.4 Å². The smallest absolute Gasteiger partial charge is 0.132 e. The Bertz CT molecular complexity index is 200. The fourth-order valence-corrected chi connectivity index (χ4v) is 0.846. The van der Waals surface area contributed by atoms with E-state index in [-0.39, 0.29) is 0 Å². The van der Waals surface area contributed by atoms with Crippen LogP contribution in [0.5, 0.6) is 0 Å². The molecule has 0 aliphatic carbocycles. The largest absolute Gasteiger partial charge is 0.239 e. The second kappa shape index (κ2) is 3.76. The van der Waals surface area contributed by atoms with Gasteiger partial charge in [0.05, 0.1) is 11.9 Å². The lowest BCUT2D eigenvalue weighted by molar-refractivity contribution is 1.04. The molecule has 2 heteroatoms. The zero-order chi connectivity index (χ0) is 8.10. The first-order valence-corrected chi connectivity index (χ1v) is 3.56. The van der Waals surface area contributed by atoms with E-state index < -0.39 is 0 Å². The molecule has 11 heavy (non-hydrogen) atoms. The van der Waals surface area contributed by atoms with Gasteiger partial charge in [-0.1, -0.05) is 12.2 Å². The zero-order valence-corrected chi connectivity index (χ0v) is 6.45. The van der Waals surface area contributed by atoms with Crippen LogP contribution in [0.15, 0.2) is 42.2 Å². The maximum atomic E-state index is 4.24. The molecule has 0 spiro atoms. The molecule has 0 aromatic carbocycles. The molecule has 1 aliphatic rings. The molecule has 0 atom stereocenters. The van der Waals surface area contributed by atoms with Gasteiger partial charge >= 0.3 is 0 Å². The SMILES string of the molecule is C=CCC1=CN=C(CC=C)[N]1. The third kappa shape index (κ3) is 2.08. The van der Waals surface area contributed by atoms with Gasteiger partial charge in [0.15, 0.2) is 0 Å². The molecule has 1 heterocycles. The Morgan fingerprint density at radius 1 is 1.27 bits per heavy atom. The van der Waals surface area contributed by atoms with Crippen molar-refractivity contribution in [1.29, 1.82) is 0 Å². The fourth-order valence-electron chi connectivity index (χ4n) is 0.846. The molecule has 0 aromatic heterocycles. The second-order valence-corrected chi connectivity index (χ2v) is 2.26. The van der Waals surface area contributed by atoms with E-state index in [1.807, 2.05) is 6.08 Å². The molecule has 0 saturated heterocycles. The van der Waals surface area contributed by atoms with E-state index in [2.05, 4.69) is 23.5 Å². The molecule has 0 saturated carbocycles. The molecule has 1 aliphatic heterocycles. The van der Waals surface area contributed by atoms with Gasteiger partial charge in [0, 0.05) is 12.8 Å². The number of allylic oxidation sites excluding steroid dienone is 1. The van der Waals surface area contributed by atoms with E-state index >= 15 is 0 Å². The summed E-state index contributed by atoms with van der Waals surface area (Å²) in [6.07, 6.45) is 6.94. The predicted octanol–water partition coefficient (Wildman–Crippen LogP) is 2.00. The van der Waals surface area contributed by atoms with Crippen LogP contribution in [0.25, 0.3) is 0 Å². The number of rotatable bonds is 4. The molecule has 2 nitrogen and oxygen atoms in total. The molecule has 0 aromatic rings. The summed E-state index contributed by atoms with van der Waals surface area (Å²) in [6.45, 7) is 7.23. The molecule has 0 amide bonds. The molecule has 0 N–H and O–H groups in total. The number of aliphatic imine (C=N–C) groups is 1. The highest BCUT2D eigenvalue weighted by Crippen LogP contribution is 2.08. The van der Waals surface area contributed by atoms with Crippen molar-refractivity contribution < 1.29 is 0 Å². The molecular weight excluding hydrogens is 136 g/mol. The van der Waals surface area contributed by atoms with Gasteiger partial charge in [0.2, 0.25) is 0 Å². The van der Waals surface area contributed by atoms with Crippen molar-refractivity contribution in [2.24, 2.45) is 4.99 Å². The van der Waals surface area contributed by atoms with Gasteiger partial charge < -0.3 is 0 Å². The zero-order valence-electron chi connectivity index (χ0n) is 6.45. The summed E-state index contributed by atoms with van der Waals surface area (Å²) in [4.78, 5) is 4.09. The first-order chi connectivity index (χ1) is 5.36. The number of hydrogen-bond donors (Lipinski definition) is 0. The first kappa shape index (κ1) is 7.79. The summed E-state index contributed by atoms with van der Waals surface area (Å²) in [7, 11) is 0. The maximum Gasteiger partial charge on any atom is 0.132 e. The summed E-state index contributed by atoms with van der Waals surface area (Å²) in [5.41, 5.74) is 0.983. The van der Waals surface area contributed by atoms with Crippen molar-refractivity contribution in [3.05, 3.63) is 37.2 Å². The number of nitrogens with zero attached hydrogens (tertiary/aromatic N) is 2. The minimum absolute atomic E-state index is 0.747. The predicted molar refractivity (Wildman–Crippen MR) is 47.3 cm³/mol. The lowest BCUT2D eigenvalue weighted by Gasteiger charge is -1.97. The fraction of sp³-hybridized carbons (Fsp3) is 0.222. The van der Waals surface area contributed by atoms with E-state index in [0.29, 0.717) is 0 Å². The molecular formula is C9H11N2. The van der Waals surface area contributed by atoms with E-state index in [9.17, 15) is 0 Å². The van der Waals surface area contributed by atoms with Crippen LogP contribution in [-0.2, 0) is 0 Å². The monoisotopic (exact) mass is 147 g/mol. The Hall–Kier alpha value is -1.31. The van der Waals surface area contributed by atoms with Gasteiger partial charge in [-0.3, -0.25) is 0 Å². The molecule has 0 unspecified atom stereocenters. The standard InChI is InChI=1S/C9H11N2/c1-3-5-8-7-10-9(11-8)6-4-2/h3-4,7H,1-2,5-6H2. The van der Waals surface area contributed by atoms with Crippen molar-refractivity contribution in [2.75, 3.05) is 0 Å². The Morgan fingerprint density at radius 2 is 2.00 bits per heavy atom. The summed E-state index contributed by atoms with van der Waals surface area (Å²) >= 11 is 0. The molecule has 0 fully saturated rings. The third-order valence-corrected chi connectivity index (χ3v) is 1.32. The number of hydrogen-bond acceptors (Lipinski definition) is 1. The Morgan fingerprint density at radius 3 is 2.64 bits per heavy atom. The van der Waals surface area contributed by atoms with Crippen molar-refractivity contribution in [1.82, 2.24) is 5.32 Å². The second-order valence-electron chi connectivity index (χ2n) is 2.26. The lowest BCUT2D eigenvalue weighted by atomic mass is 10.3. The van der Waals surface area contributed by atoms with E-state index in [1.165, 1.54) is 0 Å². The van der Waals surface area contributed by atoms with Crippen molar-refractivity contribution in [2.45, 2.75) is 12.8 Å². The minimum Gasteiger partial charge on any atom is -0.239 e. The summed E-state index contributed by atoms with van der Waals surface area (Å²) in [6, 6.07) is 0. The molecule has 0 bridgehead atoms. The van der Waals surface area contributed by atoms with Gasteiger partial charge in [0.25, 0.3) is 0 Å².